The molecule has 0 radical (unpaired) electrons. The van der Waals surface area contributed by atoms with Gasteiger partial charge in [0.25, 0.3) is 0 Å². The molecule has 0 atom stereocenters. The number of esters is 1. The van der Waals surface area contributed by atoms with Gasteiger partial charge in [-0.05, 0) is 13.8 Å². The van der Waals surface area contributed by atoms with Crippen molar-refractivity contribution in [3.05, 3.63) is 12.2 Å². The Morgan fingerprint density at radius 3 is 2.12 bits per heavy atom. The highest BCUT2D eigenvalue weighted by molar-refractivity contribution is 7.53. The van der Waals surface area contributed by atoms with Crippen molar-refractivity contribution in [3.8, 4) is 0 Å². The average molecular weight is 266 g/mol. The molecule has 98 valence electrons. The summed E-state index contributed by atoms with van der Waals surface area (Å²) in [5.74, 6) is -2.20. The third kappa shape index (κ3) is 7.68. The van der Waals surface area contributed by atoms with E-state index in [4.69, 9.17) is 14.2 Å². The van der Waals surface area contributed by atoms with E-state index in [1.54, 1.807) is 13.8 Å². The van der Waals surface area contributed by atoms with Gasteiger partial charge in [0.05, 0.1) is 13.2 Å². The first-order valence-electron chi connectivity index (χ1n) is 4.89. The van der Waals surface area contributed by atoms with Crippen molar-refractivity contribution in [3.63, 3.8) is 0 Å². The number of carboxylic acids is 1. The van der Waals surface area contributed by atoms with Gasteiger partial charge >= 0.3 is 19.5 Å². The molecule has 7 nitrogen and oxygen atoms in total. The molecule has 0 aromatic heterocycles. The fourth-order valence-corrected chi connectivity index (χ4v) is 2.13. The van der Waals surface area contributed by atoms with Gasteiger partial charge in [-0.15, -0.1) is 0 Å². The lowest BCUT2D eigenvalue weighted by atomic mass is 10.5. The highest BCUT2D eigenvalue weighted by atomic mass is 31.2. The highest BCUT2D eigenvalue weighted by Crippen LogP contribution is 2.47. The number of ether oxygens (including phenoxy) is 1. The second kappa shape index (κ2) is 8.00. The van der Waals surface area contributed by atoms with Crippen LogP contribution in [0.4, 0.5) is 0 Å². The van der Waals surface area contributed by atoms with Crippen molar-refractivity contribution in [1.29, 1.82) is 0 Å². The van der Waals surface area contributed by atoms with Crippen LogP contribution in [-0.2, 0) is 27.9 Å². The van der Waals surface area contributed by atoms with E-state index in [2.05, 4.69) is 4.74 Å². The molecule has 0 aliphatic carbocycles. The van der Waals surface area contributed by atoms with Crippen LogP contribution < -0.4 is 0 Å². The third-order valence-corrected chi connectivity index (χ3v) is 3.13. The predicted octanol–water partition coefficient (Wildman–Crippen LogP) is 1.39. The molecule has 0 saturated heterocycles. The first kappa shape index (κ1) is 15.8. The molecule has 8 heteroatoms. The second-order valence-electron chi connectivity index (χ2n) is 2.71. The van der Waals surface area contributed by atoms with Crippen LogP contribution in [0.3, 0.4) is 0 Å². The van der Waals surface area contributed by atoms with Crippen molar-refractivity contribution >= 4 is 19.5 Å². The van der Waals surface area contributed by atoms with Crippen molar-refractivity contribution in [1.82, 2.24) is 0 Å². The lowest BCUT2D eigenvalue weighted by molar-refractivity contribution is -0.137. The molecule has 0 aliphatic heterocycles. The maximum Gasteiger partial charge on any atom is 0.367 e. The van der Waals surface area contributed by atoms with Gasteiger partial charge in [-0.2, -0.15) is 0 Å². The smallest absolute Gasteiger partial charge is 0.367 e. The maximum absolute atomic E-state index is 11.8. The zero-order chi connectivity index (χ0) is 13.3. The van der Waals surface area contributed by atoms with Crippen LogP contribution in [0.2, 0.25) is 0 Å². The minimum atomic E-state index is -3.44. The SMILES string of the molecule is CCOP(=O)(COC(=O)C=CC(=O)O)OCC. The Kier molecular flexibility index (Phi) is 7.45. The molecule has 0 fully saturated rings. The minimum absolute atomic E-state index is 0.153. The van der Waals surface area contributed by atoms with Gasteiger partial charge in [0.1, 0.15) is 0 Å². The topological polar surface area (TPSA) is 99.1 Å². The van der Waals surface area contributed by atoms with Gasteiger partial charge in [-0.1, -0.05) is 0 Å². The minimum Gasteiger partial charge on any atom is -0.478 e. The monoisotopic (exact) mass is 266 g/mol. The van der Waals surface area contributed by atoms with Crippen LogP contribution in [0.1, 0.15) is 13.8 Å². The number of rotatable bonds is 8. The molecule has 17 heavy (non-hydrogen) atoms. The summed E-state index contributed by atoms with van der Waals surface area (Å²) in [7, 11) is -3.44. The molecule has 0 unspecified atom stereocenters. The first-order valence-corrected chi connectivity index (χ1v) is 6.62. The van der Waals surface area contributed by atoms with E-state index in [0.717, 1.165) is 0 Å². The average Bonchev–Trinajstić information content (AvgIpc) is 2.24. The lowest BCUT2D eigenvalue weighted by Gasteiger charge is -2.15. The summed E-state index contributed by atoms with van der Waals surface area (Å²) < 4.78 is 26.1. The quantitative estimate of drug-likeness (QED) is 0.402. The molecule has 0 bridgehead atoms. The Labute approximate surface area is 98.9 Å². The Bertz CT molecular complexity index is 326. The van der Waals surface area contributed by atoms with Gasteiger partial charge in [-0.3, -0.25) is 4.57 Å². The van der Waals surface area contributed by atoms with Crippen LogP contribution in [0.25, 0.3) is 0 Å². The number of carboxylic acid groups (broad SMARTS) is 1. The maximum atomic E-state index is 11.8. The Balaban J connectivity index is 4.26. The fourth-order valence-electron chi connectivity index (χ4n) is 0.835. The van der Waals surface area contributed by atoms with Gasteiger partial charge in [0.2, 0.25) is 0 Å². The predicted molar refractivity (Wildman–Crippen MR) is 58.6 cm³/mol. The van der Waals surface area contributed by atoms with Crippen LogP contribution in [0, 0.1) is 0 Å². The van der Waals surface area contributed by atoms with Gasteiger partial charge in [0.15, 0.2) is 6.35 Å². The van der Waals surface area contributed by atoms with Crippen LogP contribution in [0.15, 0.2) is 12.2 Å². The summed E-state index contributed by atoms with van der Waals surface area (Å²) in [6.45, 7) is 3.55. The molecule has 0 spiro atoms. The number of carbonyl (C=O) groups excluding carboxylic acids is 1. The number of hydrogen-bond donors (Lipinski definition) is 1. The van der Waals surface area contributed by atoms with Gasteiger partial charge in [0, 0.05) is 12.2 Å². The molecule has 0 aliphatic rings. The van der Waals surface area contributed by atoms with E-state index in [-0.39, 0.29) is 13.2 Å². The highest BCUT2D eigenvalue weighted by Gasteiger charge is 2.25. The zero-order valence-corrected chi connectivity index (χ0v) is 10.5. The van der Waals surface area contributed by atoms with E-state index >= 15 is 0 Å². The summed E-state index contributed by atoms with van der Waals surface area (Å²) in [5, 5.41) is 8.26. The zero-order valence-electron chi connectivity index (χ0n) is 9.62. The van der Waals surface area contributed by atoms with Crippen molar-refractivity contribution in [2.75, 3.05) is 19.6 Å². The fraction of sp³-hybridized carbons (Fsp3) is 0.556. The molecule has 0 aromatic carbocycles. The van der Waals surface area contributed by atoms with Gasteiger partial charge < -0.3 is 18.9 Å². The largest absolute Gasteiger partial charge is 0.478 e. The molecular weight excluding hydrogens is 251 g/mol. The summed E-state index contributed by atoms with van der Waals surface area (Å²) in [5.41, 5.74) is 0. The number of carbonyl (C=O) groups is 2. The molecular formula is C9H15O7P. The summed E-state index contributed by atoms with van der Waals surface area (Å²) in [6.07, 6.45) is 0.788. The Hall–Kier alpha value is -1.17. The lowest BCUT2D eigenvalue weighted by Crippen LogP contribution is -2.08. The van der Waals surface area contributed by atoms with E-state index in [1.165, 1.54) is 0 Å². The molecule has 0 saturated carbocycles. The van der Waals surface area contributed by atoms with E-state index in [9.17, 15) is 14.2 Å². The third-order valence-electron chi connectivity index (χ3n) is 1.38. The Morgan fingerprint density at radius 1 is 1.18 bits per heavy atom. The molecule has 0 rings (SSSR count). The second-order valence-corrected chi connectivity index (χ2v) is 4.71. The molecule has 0 amide bonds. The number of hydrogen-bond acceptors (Lipinski definition) is 6. The van der Waals surface area contributed by atoms with Crippen LogP contribution in [-0.4, -0.2) is 36.6 Å². The normalized spacial score (nSPS) is 11.6. The van der Waals surface area contributed by atoms with E-state index < -0.39 is 25.9 Å². The standard InChI is InChI=1S/C9H15O7P/c1-3-15-17(13,16-4-2)7-14-9(12)6-5-8(10)11/h5-6H,3-4,7H2,1-2H3,(H,10,11). The van der Waals surface area contributed by atoms with Crippen molar-refractivity contribution in [2.45, 2.75) is 13.8 Å². The molecule has 0 aromatic rings. The van der Waals surface area contributed by atoms with Crippen molar-refractivity contribution in [2.24, 2.45) is 0 Å². The Morgan fingerprint density at radius 2 is 1.71 bits per heavy atom. The van der Waals surface area contributed by atoms with E-state index in [1.807, 2.05) is 0 Å². The summed E-state index contributed by atoms with van der Waals surface area (Å²) in [4.78, 5) is 21.1. The number of aliphatic carboxylic acids is 1. The van der Waals surface area contributed by atoms with Gasteiger partial charge in [-0.25, -0.2) is 9.59 Å². The molecule has 0 heterocycles. The first-order chi connectivity index (χ1) is 7.93. The van der Waals surface area contributed by atoms with Crippen molar-refractivity contribution < 1.29 is 33.0 Å². The summed E-state index contributed by atoms with van der Waals surface area (Å²) in [6, 6.07) is 0. The summed E-state index contributed by atoms with van der Waals surface area (Å²) >= 11 is 0. The molecule has 1 N–H and O–H groups in total. The van der Waals surface area contributed by atoms with Crippen LogP contribution >= 0.6 is 7.60 Å². The van der Waals surface area contributed by atoms with Crippen LogP contribution in [0.5, 0.6) is 0 Å². The van der Waals surface area contributed by atoms with E-state index in [0.29, 0.717) is 12.2 Å².